The monoisotopic (exact) mass is 857 g/mol. The molecule has 4 aliphatic rings. The Bertz CT molecular complexity index is 3220. The Morgan fingerprint density at radius 1 is 0.530 bits per heavy atom. The molecule has 0 N–H and O–H groups in total. The molecule has 1 fully saturated rings. The lowest BCUT2D eigenvalue weighted by atomic mass is 9.33. The predicted molar refractivity (Wildman–Crippen MR) is 284 cm³/mol. The van der Waals surface area contributed by atoms with E-state index in [-0.39, 0.29) is 28.5 Å². The molecule has 0 bridgehead atoms. The van der Waals surface area contributed by atoms with Gasteiger partial charge in [-0.15, -0.1) is 0 Å². The molecule has 66 heavy (non-hydrogen) atoms. The van der Waals surface area contributed by atoms with Gasteiger partial charge in [0.05, 0.1) is 5.54 Å². The molecule has 8 aromatic carbocycles. The highest BCUT2D eigenvalue weighted by Crippen LogP contribution is 2.62. The van der Waals surface area contributed by atoms with Gasteiger partial charge in [-0.05, 0) is 146 Å². The minimum atomic E-state index is -0.0626. The molecule has 8 aromatic rings. The van der Waals surface area contributed by atoms with E-state index in [2.05, 4.69) is 240 Å². The van der Waals surface area contributed by atoms with Gasteiger partial charge in [-0.3, -0.25) is 0 Å². The smallest absolute Gasteiger partial charge is 0.252 e. The number of para-hydroxylation sites is 2. The summed E-state index contributed by atoms with van der Waals surface area (Å²) in [7, 11) is 0. The van der Waals surface area contributed by atoms with Crippen LogP contribution in [-0.2, 0) is 16.2 Å². The van der Waals surface area contributed by atoms with Gasteiger partial charge in [0, 0.05) is 50.9 Å². The molecular weight excluding hydrogens is 798 g/mol. The standard InChI is InChI=1S/C62H60BN3/c1-59(2,3)43-29-31-46(32-30-43)64(47-24-16-21-42(37-47)50-26-17-20-41-19-12-13-25-49(41)50)48-33-34-52-54(40-48)65(45-22-10-9-11-23-45)55-38-44(60(4,5)6)39-56-57(55)63(52)53-28-18-27-51-58(53)66(56)62(8)36-15-14-35-61(51,62)7/h9-13,16-34,37-40H,14-15,35-36H2,1-8H3. The van der Waals surface area contributed by atoms with Crippen molar-refractivity contribution in [1.29, 1.82) is 0 Å². The Labute approximate surface area is 392 Å². The maximum Gasteiger partial charge on any atom is 0.252 e. The summed E-state index contributed by atoms with van der Waals surface area (Å²) in [6, 6.07) is 64.8. The molecular formula is C62H60BN3. The number of benzene rings is 8. The first kappa shape index (κ1) is 41.0. The van der Waals surface area contributed by atoms with E-state index in [1.54, 1.807) is 0 Å². The third-order valence-electron chi connectivity index (χ3n) is 16.3. The molecule has 12 rings (SSSR count). The Balaban J connectivity index is 1.12. The second kappa shape index (κ2) is 14.5. The van der Waals surface area contributed by atoms with E-state index in [1.807, 2.05) is 0 Å². The maximum absolute atomic E-state index is 2.86. The topological polar surface area (TPSA) is 9.72 Å². The lowest BCUT2D eigenvalue weighted by molar-refractivity contribution is 0.195. The van der Waals surface area contributed by atoms with Crippen LogP contribution in [0.15, 0.2) is 170 Å². The summed E-state index contributed by atoms with van der Waals surface area (Å²) >= 11 is 0. The molecule has 0 aromatic heterocycles. The van der Waals surface area contributed by atoms with Gasteiger partial charge in [0.15, 0.2) is 0 Å². The fourth-order valence-corrected chi connectivity index (χ4v) is 12.5. The van der Waals surface area contributed by atoms with E-state index in [0.29, 0.717) is 0 Å². The van der Waals surface area contributed by atoms with Crippen LogP contribution in [0.5, 0.6) is 0 Å². The zero-order chi connectivity index (χ0) is 45.3. The predicted octanol–water partition coefficient (Wildman–Crippen LogP) is 14.9. The van der Waals surface area contributed by atoms with E-state index in [9.17, 15) is 0 Å². The van der Waals surface area contributed by atoms with Crippen molar-refractivity contribution in [3.8, 4) is 11.1 Å². The molecule has 3 nitrogen and oxygen atoms in total. The lowest BCUT2D eigenvalue weighted by Gasteiger charge is -2.53. The molecule has 3 heterocycles. The Hall–Kier alpha value is -6.52. The van der Waals surface area contributed by atoms with Crippen molar-refractivity contribution in [3.63, 3.8) is 0 Å². The van der Waals surface area contributed by atoms with Crippen LogP contribution in [0.25, 0.3) is 21.9 Å². The van der Waals surface area contributed by atoms with Gasteiger partial charge >= 0.3 is 0 Å². The molecule has 0 radical (unpaired) electrons. The largest absolute Gasteiger partial charge is 0.335 e. The Kier molecular flexibility index (Phi) is 8.99. The van der Waals surface area contributed by atoms with Crippen molar-refractivity contribution in [2.45, 2.75) is 103 Å². The fourth-order valence-electron chi connectivity index (χ4n) is 12.5. The van der Waals surface area contributed by atoms with Crippen LogP contribution in [0.4, 0.5) is 45.5 Å². The summed E-state index contributed by atoms with van der Waals surface area (Å²) in [5, 5.41) is 2.51. The third-order valence-corrected chi connectivity index (χ3v) is 16.3. The highest BCUT2D eigenvalue weighted by molar-refractivity contribution is 7.00. The highest BCUT2D eigenvalue weighted by atomic mass is 15.3. The SMILES string of the molecule is CC(C)(C)c1ccc(N(c2cccc(-c3cccc4ccccc34)c2)c2ccc3c(c2)N(c2ccccc2)c2cc(C(C)(C)C)cc4c2B3c2cccc3c2N4C2(C)CCCCC32C)cc1. The molecule has 1 aliphatic carbocycles. The highest BCUT2D eigenvalue weighted by Gasteiger charge is 2.61. The number of rotatable bonds is 5. The van der Waals surface area contributed by atoms with Gasteiger partial charge in [-0.1, -0.05) is 171 Å². The van der Waals surface area contributed by atoms with Gasteiger partial charge in [-0.25, -0.2) is 0 Å². The van der Waals surface area contributed by atoms with Crippen molar-refractivity contribution in [1.82, 2.24) is 0 Å². The quantitative estimate of drug-likeness (QED) is 0.160. The van der Waals surface area contributed by atoms with Gasteiger partial charge in [-0.2, -0.15) is 0 Å². The van der Waals surface area contributed by atoms with E-state index >= 15 is 0 Å². The normalized spacial score (nSPS) is 19.3. The molecule has 2 unspecified atom stereocenters. The van der Waals surface area contributed by atoms with Crippen molar-refractivity contribution in [2.75, 3.05) is 14.7 Å². The number of nitrogens with zero attached hydrogens (tertiary/aromatic N) is 3. The number of hydrogen-bond donors (Lipinski definition) is 0. The Morgan fingerprint density at radius 3 is 1.98 bits per heavy atom. The zero-order valence-corrected chi connectivity index (χ0v) is 39.9. The van der Waals surface area contributed by atoms with E-state index in [4.69, 9.17) is 0 Å². The van der Waals surface area contributed by atoms with Gasteiger partial charge in [0.25, 0.3) is 6.71 Å². The van der Waals surface area contributed by atoms with Gasteiger partial charge in [0.2, 0.25) is 0 Å². The zero-order valence-electron chi connectivity index (χ0n) is 39.9. The minimum Gasteiger partial charge on any atom is -0.335 e. The van der Waals surface area contributed by atoms with Gasteiger partial charge < -0.3 is 14.7 Å². The van der Waals surface area contributed by atoms with Crippen molar-refractivity contribution >= 4 is 79.4 Å². The second-order valence-corrected chi connectivity index (χ2v) is 22.1. The molecule has 326 valence electrons. The Morgan fingerprint density at radius 2 is 1.20 bits per heavy atom. The molecule has 2 atom stereocenters. The maximum atomic E-state index is 2.86. The summed E-state index contributed by atoms with van der Waals surface area (Å²) in [6.45, 7) is 19.3. The van der Waals surface area contributed by atoms with Crippen molar-refractivity contribution in [2.24, 2.45) is 0 Å². The molecule has 0 spiro atoms. The van der Waals surface area contributed by atoms with Crippen molar-refractivity contribution in [3.05, 3.63) is 187 Å². The van der Waals surface area contributed by atoms with E-state index in [1.165, 1.54) is 109 Å². The van der Waals surface area contributed by atoms with Crippen LogP contribution in [0, 0.1) is 0 Å². The molecule has 1 saturated carbocycles. The summed E-state index contributed by atoms with van der Waals surface area (Å²) in [6.07, 6.45) is 4.94. The average molecular weight is 858 g/mol. The molecule has 3 aliphatic heterocycles. The average Bonchev–Trinajstić information content (AvgIpc) is 3.53. The first-order chi connectivity index (χ1) is 31.7. The molecule has 0 amide bonds. The van der Waals surface area contributed by atoms with Crippen LogP contribution in [0.2, 0.25) is 0 Å². The first-order valence-electron chi connectivity index (χ1n) is 24.3. The fraction of sp³-hybridized carbons (Fsp3) is 0.258. The minimum absolute atomic E-state index is 0.0236. The summed E-state index contributed by atoms with van der Waals surface area (Å²) < 4.78 is 0. The van der Waals surface area contributed by atoms with E-state index in [0.717, 1.165) is 17.1 Å². The number of anilines is 8. The van der Waals surface area contributed by atoms with Crippen LogP contribution in [0.3, 0.4) is 0 Å². The summed E-state index contributed by atoms with van der Waals surface area (Å²) in [5.41, 5.74) is 20.9. The molecule has 0 saturated heterocycles. The van der Waals surface area contributed by atoms with E-state index < -0.39 is 0 Å². The van der Waals surface area contributed by atoms with Gasteiger partial charge in [0.1, 0.15) is 0 Å². The lowest BCUT2D eigenvalue weighted by Crippen LogP contribution is -2.64. The number of hydrogen-bond acceptors (Lipinski definition) is 3. The second-order valence-electron chi connectivity index (χ2n) is 22.1. The van der Waals surface area contributed by atoms with Crippen LogP contribution in [0.1, 0.15) is 97.8 Å². The van der Waals surface area contributed by atoms with Crippen LogP contribution in [-0.4, -0.2) is 12.3 Å². The van der Waals surface area contributed by atoms with Crippen LogP contribution >= 0.6 is 0 Å². The summed E-state index contributed by atoms with van der Waals surface area (Å²) in [5.74, 6) is 0. The first-order valence-corrected chi connectivity index (χ1v) is 24.3. The number of fused-ring (bicyclic) bond motifs is 8. The molecule has 4 heteroatoms. The third kappa shape index (κ3) is 5.96. The van der Waals surface area contributed by atoms with Crippen LogP contribution < -0.4 is 31.1 Å². The summed E-state index contributed by atoms with van der Waals surface area (Å²) in [4.78, 5) is 7.94. The van der Waals surface area contributed by atoms with Crippen molar-refractivity contribution < 1.29 is 0 Å².